The molecule has 1 fully saturated rings. The van der Waals surface area contributed by atoms with E-state index in [2.05, 4.69) is 44.0 Å². The van der Waals surface area contributed by atoms with E-state index in [1.165, 1.54) is 36.1 Å². The van der Waals surface area contributed by atoms with Gasteiger partial charge in [0.15, 0.2) is 0 Å². The van der Waals surface area contributed by atoms with Gasteiger partial charge in [-0.15, -0.1) is 11.3 Å². The summed E-state index contributed by atoms with van der Waals surface area (Å²) in [6, 6.07) is 8.42. The lowest BCUT2D eigenvalue weighted by molar-refractivity contribution is 0.0696. The maximum Gasteiger partial charge on any atom is 0.337 e. The number of aromatic carboxylic acids is 1. The minimum atomic E-state index is -0.774. The number of carboxylic acids is 1. The summed E-state index contributed by atoms with van der Waals surface area (Å²) >= 11 is 1.72. The van der Waals surface area contributed by atoms with Crippen molar-refractivity contribution in [1.82, 2.24) is 4.90 Å². The fraction of sp³-hybridized carbons (Fsp3) is 0.560. The van der Waals surface area contributed by atoms with Gasteiger partial charge in [-0.2, -0.15) is 0 Å². The molecule has 1 aromatic carbocycles. The third-order valence-corrected chi connectivity index (χ3v) is 8.06. The molecule has 3 nitrogen and oxygen atoms in total. The third-order valence-electron chi connectivity index (χ3n) is 6.74. The highest BCUT2D eigenvalue weighted by Crippen LogP contribution is 2.45. The van der Waals surface area contributed by atoms with E-state index in [0.29, 0.717) is 5.56 Å². The monoisotopic (exact) mass is 411 g/mol. The second-order valence-corrected chi connectivity index (χ2v) is 11.0. The van der Waals surface area contributed by atoms with Gasteiger partial charge in [-0.3, -0.25) is 0 Å². The zero-order valence-electron chi connectivity index (χ0n) is 18.0. The van der Waals surface area contributed by atoms with Gasteiger partial charge in [0.1, 0.15) is 0 Å². The minimum Gasteiger partial charge on any atom is -0.478 e. The van der Waals surface area contributed by atoms with Crippen molar-refractivity contribution in [2.24, 2.45) is 11.3 Å². The van der Waals surface area contributed by atoms with Gasteiger partial charge < -0.3 is 10.0 Å². The largest absolute Gasteiger partial charge is 0.478 e. The maximum atomic E-state index is 12.3. The molecule has 156 valence electrons. The summed E-state index contributed by atoms with van der Waals surface area (Å²) < 4.78 is 0. The predicted molar refractivity (Wildman–Crippen MR) is 121 cm³/mol. The molecule has 2 aliphatic rings. The number of thiophene rings is 1. The van der Waals surface area contributed by atoms with Crippen molar-refractivity contribution in [3.63, 3.8) is 0 Å². The van der Waals surface area contributed by atoms with Crippen LogP contribution in [0.2, 0.25) is 0 Å². The predicted octanol–water partition coefficient (Wildman–Crippen LogP) is 6.25. The van der Waals surface area contributed by atoms with Crippen molar-refractivity contribution in [1.29, 1.82) is 0 Å². The van der Waals surface area contributed by atoms with Gasteiger partial charge in [-0.25, -0.2) is 4.79 Å². The average molecular weight is 412 g/mol. The molecule has 1 aromatic heterocycles. The lowest BCUT2D eigenvalue weighted by Gasteiger charge is -2.29. The zero-order valence-corrected chi connectivity index (χ0v) is 18.8. The SMILES string of the molecule is CN(Cc1ccccc1-c1sc2c(c1C(=O)O)CC(C)(C)CC2)CC1CCCC1. The van der Waals surface area contributed by atoms with E-state index in [9.17, 15) is 9.90 Å². The Balaban J connectivity index is 1.67. The quantitative estimate of drug-likeness (QED) is 0.611. The molecule has 1 heterocycles. The van der Waals surface area contributed by atoms with Gasteiger partial charge >= 0.3 is 5.97 Å². The van der Waals surface area contributed by atoms with E-state index in [-0.39, 0.29) is 5.41 Å². The van der Waals surface area contributed by atoms with Crippen LogP contribution in [-0.4, -0.2) is 29.6 Å². The van der Waals surface area contributed by atoms with Crippen molar-refractivity contribution in [3.05, 3.63) is 45.8 Å². The summed E-state index contributed by atoms with van der Waals surface area (Å²) in [4.78, 5) is 17.0. The Hall–Kier alpha value is -1.65. The van der Waals surface area contributed by atoms with Crippen LogP contribution in [0.25, 0.3) is 10.4 Å². The number of carbonyl (C=O) groups is 1. The number of benzene rings is 1. The highest BCUT2D eigenvalue weighted by Gasteiger charge is 2.33. The normalized spacial score (nSPS) is 18.9. The van der Waals surface area contributed by atoms with Crippen molar-refractivity contribution in [2.45, 2.75) is 65.3 Å². The molecular formula is C25H33NO2S. The first kappa shape index (κ1) is 20.6. The maximum absolute atomic E-state index is 12.3. The average Bonchev–Trinajstić information content (AvgIpc) is 3.28. The number of nitrogens with zero attached hydrogens (tertiary/aromatic N) is 1. The van der Waals surface area contributed by atoms with Crippen molar-refractivity contribution >= 4 is 17.3 Å². The fourth-order valence-corrected chi connectivity index (χ4v) is 6.57. The van der Waals surface area contributed by atoms with E-state index in [1.807, 2.05) is 6.07 Å². The zero-order chi connectivity index (χ0) is 20.6. The number of rotatable bonds is 6. The van der Waals surface area contributed by atoms with Crippen molar-refractivity contribution in [3.8, 4) is 10.4 Å². The van der Waals surface area contributed by atoms with Crippen molar-refractivity contribution in [2.75, 3.05) is 13.6 Å². The van der Waals surface area contributed by atoms with E-state index in [0.717, 1.165) is 54.3 Å². The Kier molecular flexibility index (Phi) is 5.85. The van der Waals surface area contributed by atoms with Crippen LogP contribution in [-0.2, 0) is 19.4 Å². The highest BCUT2D eigenvalue weighted by molar-refractivity contribution is 7.16. The molecule has 0 aliphatic heterocycles. The third kappa shape index (κ3) is 4.44. The summed E-state index contributed by atoms with van der Waals surface area (Å²) in [7, 11) is 2.20. The van der Waals surface area contributed by atoms with Crippen LogP contribution in [0.5, 0.6) is 0 Å². The van der Waals surface area contributed by atoms with Gasteiger partial charge in [-0.1, -0.05) is 51.0 Å². The number of fused-ring (bicyclic) bond motifs is 1. The molecule has 2 aliphatic carbocycles. The van der Waals surface area contributed by atoms with Crippen LogP contribution in [0, 0.1) is 11.3 Å². The fourth-order valence-electron chi connectivity index (χ4n) is 5.20. The molecule has 0 spiro atoms. The van der Waals surface area contributed by atoms with Gasteiger partial charge in [-0.05, 0) is 67.2 Å². The highest BCUT2D eigenvalue weighted by atomic mass is 32.1. The molecule has 4 heteroatoms. The molecule has 0 bridgehead atoms. The lowest BCUT2D eigenvalue weighted by Crippen LogP contribution is -2.24. The van der Waals surface area contributed by atoms with Gasteiger partial charge in [0.05, 0.1) is 5.56 Å². The first-order chi connectivity index (χ1) is 13.8. The van der Waals surface area contributed by atoms with E-state index in [1.54, 1.807) is 11.3 Å². The summed E-state index contributed by atoms with van der Waals surface area (Å²) in [6.07, 6.45) is 8.43. The van der Waals surface area contributed by atoms with E-state index >= 15 is 0 Å². The summed E-state index contributed by atoms with van der Waals surface area (Å²) in [5.74, 6) is 0.0438. The Labute approximate surface area is 178 Å². The van der Waals surface area contributed by atoms with Gasteiger partial charge in [0.2, 0.25) is 0 Å². The molecule has 0 unspecified atom stereocenters. The number of hydrogen-bond acceptors (Lipinski definition) is 3. The van der Waals surface area contributed by atoms with Crippen LogP contribution in [0.1, 0.15) is 72.3 Å². The first-order valence-electron chi connectivity index (χ1n) is 11.0. The summed E-state index contributed by atoms with van der Waals surface area (Å²) in [5, 5.41) is 10.1. The molecular weight excluding hydrogens is 378 g/mol. The Morgan fingerprint density at radius 1 is 1.24 bits per heavy atom. The van der Waals surface area contributed by atoms with Crippen LogP contribution >= 0.6 is 11.3 Å². The van der Waals surface area contributed by atoms with Crippen LogP contribution < -0.4 is 0 Å². The first-order valence-corrected chi connectivity index (χ1v) is 11.8. The van der Waals surface area contributed by atoms with Gasteiger partial charge in [0, 0.05) is 22.8 Å². The molecule has 1 saturated carbocycles. The second-order valence-electron chi connectivity index (χ2n) is 9.86. The molecule has 2 aromatic rings. The molecule has 1 N–H and O–H groups in total. The Morgan fingerprint density at radius 2 is 1.97 bits per heavy atom. The molecule has 4 rings (SSSR count). The molecule has 0 saturated heterocycles. The molecule has 0 atom stereocenters. The second kappa shape index (κ2) is 8.23. The number of carboxylic acid groups (broad SMARTS) is 1. The summed E-state index contributed by atoms with van der Waals surface area (Å²) in [6.45, 7) is 6.52. The smallest absolute Gasteiger partial charge is 0.337 e. The lowest BCUT2D eigenvalue weighted by atomic mass is 9.76. The minimum absolute atomic E-state index is 0.177. The Morgan fingerprint density at radius 3 is 2.69 bits per heavy atom. The van der Waals surface area contributed by atoms with Crippen LogP contribution in [0.3, 0.4) is 0 Å². The molecule has 0 radical (unpaired) electrons. The summed E-state index contributed by atoms with van der Waals surface area (Å²) in [5.41, 5.74) is 4.18. The van der Waals surface area contributed by atoms with E-state index in [4.69, 9.17) is 0 Å². The van der Waals surface area contributed by atoms with Gasteiger partial charge in [0.25, 0.3) is 0 Å². The molecule has 0 amide bonds. The van der Waals surface area contributed by atoms with Crippen LogP contribution in [0.15, 0.2) is 24.3 Å². The number of aryl methyl sites for hydroxylation is 1. The molecule has 29 heavy (non-hydrogen) atoms. The number of hydrogen-bond donors (Lipinski definition) is 1. The van der Waals surface area contributed by atoms with E-state index < -0.39 is 5.97 Å². The Bertz CT molecular complexity index is 892. The standard InChI is InChI=1S/C25H33NO2S/c1-25(2)13-12-21-20(14-25)22(24(27)28)23(29-21)19-11-7-6-10-18(19)16-26(3)15-17-8-4-5-9-17/h6-7,10-11,17H,4-5,8-9,12-16H2,1-3H3,(H,27,28). The topological polar surface area (TPSA) is 40.5 Å². The van der Waals surface area contributed by atoms with Crippen molar-refractivity contribution < 1.29 is 9.90 Å². The van der Waals surface area contributed by atoms with Crippen LogP contribution in [0.4, 0.5) is 0 Å².